The van der Waals surface area contributed by atoms with Crippen LogP contribution >= 0.6 is 0 Å². The molecule has 26 heavy (non-hydrogen) atoms. The van der Waals surface area contributed by atoms with Crippen molar-refractivity contribution < 1.29 is 23.1 Å². The Bertz CT molecular complexity index is 870. The summed E-state index contributed by atoms with van der Waals surface area (Å²) in [5.74, 6) is -2.43. The Morgan fingerprint density at radius 2 is 2.00 bits per heavy atom. The molecule has 2 amide bonds. The summed E-state index contributed by atoms with van der Waals surface area (Å²) in [5.41, 5.74) is 1.43. The van der Waals surface area contributed by atoms with Crippen LogP contribution in [0.15, 0.2) is 36.4 Å². The second kappa shape index (κ2) is 7.11. The molecule has 0 saturated carbocycles. The van der Waals surface area contributed by atoms with Crippen LogP contribution in [0, 0.1) is 24.5 Å². The number of nitrogens with one attached hydrogen (secondary N) is 1. The molecule has 1 unspecified atom stereocenters. The first-order chi connectivity index (χ1) is 12.4. The van der Waals surface area contributed by atoms with Gasteiger partial charge < -0.3 is 15.0 Å². The largest absolute Gasteiger partial charge is 0.495 e. The lowest BCUT2D eigenvalue weighted by molar-refractivity contribution is -0.122. The van der Waals surface area contributed by atoms with Gasteiger partial charge in [0.1, 0.15) is 17.4 Å². The molecule has 1 atom stereocenters. The molecular weight excluding hydrogens is 342 g/mol. The van der Waals surface area contributed by atoms with E-state index in [9.17, 15) is 18.4 Å². The predicted molar refractivity (Wildman–Crippen MR) is 93.2 cm³/mol. The van der Waals surface area contributed by atoms with Crippen molar-refractivity contribution in [2.24, 2.45) is 5.92 Å². The minimum Gasteiger partial charge on any atom is -0.495 e. The van der Waals surface area contributed by atoms with Crippen LogP contribution in [0.1, 0.15) is 12.0 Å². The lowest BCUT2D eigenvalue weighted by atomic mass is 10.1. The molecule has 0 aromatic heterocycles. The molecule has 0 radical (unpaired) electrons. The van der Waals surface area contributed by atoms with Crippen LogP contribution in [0.5, 0.6) is 5.75 Å². The Balaban J connectivity index is 1.76. The molecule has 0 aliphatic carbocycles. The van der Waals surface area contributed by atoms with Gasteiger partial charge in [-0.15, -0.1) is 0 Å². The number of aryl methyl sites for hydroxylation is 1. The number of nitrogens with zero attached hydrogens (tertiary/aromatic N) is 1. The van der Waals surface area contributed by atoms with Gasteiger partial charge in [0.15, 0.2) is 0 Å². The lowest BCUT2D eigenvalue weighted by Crippen LogP contribution is -2.28. The van der Waals surface area contributed by atoms with Gasteiger partial charge in [0, 0.05) is 19.0 Å². The first kappa shape index (κ1) is 17.8. The van der Waals surface area contributed by atoms with Gasteiger partial charge in [-0.1, -0.05) is 6.07 Å². The summed E-state index contributed by atoms with van der Waals surface area (Å²) in [6, 6.07) is 8.36. The average molecular weight is 360 g/mol. The number of anilines is 2. The summed E-state index contributed by atoms with van der Waals surface area (Å²) in [6.45, 7) is 1.91. The zero-order valence-corrected chi connectivity index (χ0v) is 14.4. The third-order valence-corrected chi connectivity index (χ3v) is 4.31. The monoisotopic (exact) mass is 360 g/mol. The SMILES string of the molecule is COc1ccc(C)cc1NC(=O)C1CC(=O)N(c2ccc(F)cc2F)C1. The molecule has 5 nitrogen and oxygen atoms in total. The van der Waals surface area contributed by atoms with E-state index >= 15 is 0 Å². The van der Waals surface area contributed by atoms with Gasteiger partial charge in [0.2, 0.25) is 11.8 Å². The van der Waals surface area contributed by atoms with E-state index in [0.29, 0.717) is 17.5 Å². The fourth-order valence-electron chi connectivity index (χ4n) is 2.97. The number of carbonyl (C=O) groups is 2. The van der Waals surface area contributed by atoms with Gasteiger partial charge in [0.25, 0.3) is 0 Å². The third kappa shape index (κ3) is 3.51. The molecule has 2 aromatic carbocycles. The smallest absolute Gasteiger partial charge is 0.229 e. The highest BCUT2D eigenvalue weighted by Gasteiger charge is 2.36. The Labute approximate surface area is 149 Å². The highest BCUT2D eigenvalue weighted by atomic mass is 19.1. The molecule has 1 N–H and O–H groups in total. The normalized spacial score (nSPS) is 16.7. The number of hydrogen-bond acceptors (Lipinski definition) is 3. The quantitative estimate of drug-likeness (QED) is 0.910. The number of benzene rings is 2. The summed E-state index contributed by atoms with van der Waals surface area (Å²) in [4.78, 5) is 25.9. The van der Waals surface area contributed by atoms with Crippen LogP contribution in [-0.2, 0) is 9.59 Å². The van der Waals surface area contributed by atoms with Crippen molar-refractivity contribution in [1.29, 1.82) is 0 Å². The van der Waals surface area contributed by atoms with Crippen molar-refractivity contribution in [3.05, 3.63) is 53.6 Å². The highest BCUT2D eigenvalue weighted by Crippen LogP contribution is 2.30. The minimum atomic E-state index is -0.834. The topological polar surface area (TPSA) is 58.6 Å². The molecule has 1 fully saturated rings. The van der Waals surface area contributed by atoms with E-state index < -0.39 is 17.6 Å². The molecule has 136 valence electrons. The van der Waals surface area contributed by atoms with E-state index in [2.05, 4.69) is 5.32 Å². The molecule has 2 aromatic rings. The molecule has 0 bridgehead atoms. The minimum absolute atomic E-state index is 0.0279. The number of amides is 2. The summed E-state index contributed by atoms with van der Waals surface area (Å²) >= 11 is 0. The van der Waals surface area contributed by atoms with Crippen LogP contribution in [-0.4, -0.2) is 25.5 Å². The Morgan fingerprint density at radius 3 is 2.69 bits per heavy atom. The zero-order chi connectivity index (χ0) is 18.8. The molecule has 0 spiro atoms. The van der Waals surface area contributed by atoms with Crippen LogP contribution < -0.4 is 15.0 Å². The second-order valence-corrected chi connectivity index (χ2v) is 6.19. The van der Waals surface area contributed by atoms with Gasteiger partial charge in [-0.2, -0.15) is 0 Å². The second-order valence-electron chi connectivity index (χ2n) is 6.19. The van der Waals surface area contributed by atoms with Gasteiger partial charge in [0.05, 0.1) is 24.4 Å². The van der Waals surface area contributed by atoms with Crippen molar-refractivity contribution in [3.63, 3.8) is 0 Å². The maximum atomic E-state index is 13.9. The predicted octanol–water partition coefficient (Wildman–Crippen LogP) is 3.27. The molecule has 3 rings (SSSR count). The maximum absolute atomic E-state index is 13.9. The highest BCUT2D eigenvalue weighted by molar-refractivity contribution is 6.04. The van der Waals surface area contributed by atoms with Gasteiger partial charge in [-0.25, -0.2) is 8.78 Å². The summed E-state index contributed by atoms with van der Waals surface area (Å²) in [7, 11) is 1.50. The van der Waals surface area contributed by atoms with Crippen molar-refractivity contribution in [2.75, 3.05) is 23.9 Å². The van der Waals surface area contributed by atoms with E-state index in [1.807, 2.05) is 13.0 Å². The van der Waals surface area contributed by atoms with Gasteiger partial charge >= 0.3 is 0 Å². The van der Waals surface area contributed by atoms with E-state index in [1.54, 1.807) is 12.1 Å². The third-order valence-electron chi connectivity index (χ3n) is 4.31. The summed E-state index contributed by atoms with van der Waals surface area (Å²) in [6.07, 6.45) is -0.0449. The summed E-state index contributed by atoms with van der Waals surface area (Å²) < 4.78 is 32.2. The lowest BCUT2D eigenvalue weighted by Gasteiger charge is -2.18. The number of rotatable bonds is 4. The molecule has 1 aliphatic heterocycles. The Morgan fingerprint density at radius 1 is 1.23 bits per heavy atom. The van der Waals surface area contributed by atoms with Crippen molar-refractivity contribution in [3.8, 4) is 5.75 Å². The van der Waals surface area contributed by atoms with Crippen molar-refractivity contribution in [1.82, 2.24) is 0 Å². The molecule has 1 heterocycles. The van der Waals surface area contributed by atoms with E-state index in [1.165, 1.54) is 18.1 Å². The molecule has 7 heteroatoms. The zero-order valence-electron chi connectivity index (χ0n) is 14.4. The van der Waals surface area contributed by atoms with Crippen molar-refractivity contribution in [2.45, 2.75) is 13.3 Å². The average Bonchev–Trinajstić information content (AvgIpc) is 2.97. The number of methoxy groups -OCH3 is 1. The Hall–Kier alpha value is -2.96. The van der Waals surface area contributed by atoms with Crippen molar-refractivity contribution >= 4 is 23.2 Å². The summed E-state index contributed by atoms with van der Waals surface area (Å²) in [5, 5.41) is 2.76. The van der Waals surface area contributed by atoms with Crippen LogP contribution in [0.4, 0.5) is 20.2 Å². The van der Waals surface area contributed by atoms with Gasteiger partial charge in [-0.05, 0) is 36.8 Å². The number of halogens is 2. The van der Waals surface area contributed by atoms with Crippen LogP contribution in [0.25, 0.3) is 0 Å². The first-order valence-corrected chi connectivity index (χ1v) is 8.10. The number of ether oxygens (including phenoxy) is 1. The van der Waals surface area contributed by atoms with E-state index in [0.717, 1.165) is 11.6 Å². The molecule has 1 saturated heterocycles. The van der Waals surface area contributed by atoms with E-state index in [-0.39, 0.29) is 30.5 Å². The standard InChI is InChI=1S/C19H18F2N2O3/c1-11-3-6-17(26-2)15(7-11)22-19(25)12-8-18(24)23(10-12)16-5-4-13(20)9-14(16)21/h3-7,9,12H,8,10H2,1-2H3,(H,22,25). The van der Waals surface area contributed by atoms with Gasteiger partial charge in [-0.3, -0.25) is 9.59 Å². The van der Waals surface area contributed by atoms with E-state index in [4.69, 9.17) is 4.74 Å². The Kier molecular flexibility index (Phi) is 4.88. The molecule has 1 aliphatic rings. The number of carbonyl (C=O) groups excluding carboxylic acids is 2. The number of hydrogen-bond donors (Lipinski definition) is 1. The first-order valence-electron chi connectivity index (χ1n) is 8.10. The maximum Gasteiger partial charge on any atom is 0.229 e. The fourth-order valence-corrected chi connectivity index (χ4v) is 2.97. The molecular formula is C19H18F2N2O3. The van der Waals surface area contributed by atoms with Crippen LogP contribution in [0.3, 0.4) is 0 Å². The fraction of sp³-hybridized carbons (Fsp3) is 0.263. The van der Waals surface area contributed by atoms with Crippen LogP contribution in [0.2, 0.25) is 0 Å².